The predicted molar refractivity (Wildman–Crippen MR) is 94.8 cm³/mol. The summed E-state index contributed by atoms with van der Waals surface area (Å²) in [6.07, 6.45) is 5.58. The summed E-state index contributed by atoms with van der Waals surface area (Å²) in [5.74, 6) is 0.698. The Balaban J connectivity index is 1.42. The highest BCUT2D eigenvalue weighted by molar-refractivity contribution is 5.91. The molecule has 1 aliphatic rings. The molecule has 2 aromatic rings. The van der Waals surface area contributed by atoms with Crippen molar-refractivity contribution in [2.45, 2.75) is 31.7 Å². The van der Waals surface area contributed by atoms with Crippen molar-refractivity contribution >= 4 is 5.91 Å². The standard InChI is InChI=1S/C18H25N5O2/c1-25-16-6-4-14(5-7-16)3-2-10-20-18(24)17-13-23(22-21-17)15-8-11-19-12-9-15/h4-7,13,15,19H,2-3,8-12H2,1H3,(H,20,24). The van der Waals surface area contributed by atoms with Crippen LogP contribution in [-0.4, -0.2) is 47.6 Å². The van der Waals surface area contributed by atoms with Gasteiger partial charge in [0.15, 0.2) is 5.69 Å². The molecule has 0 radical (unpaired) electrons. The lowest BCUT2D eigenvalue weighted by Gasteiger charge is -2.22. The van der Waals surface area contributed by atoms with Crippen LogP contribution in [0.2, 0.25) is 0 Å². The van der Waals surface area contributed by atoms with Crippen LogP contribution in [0.25, 0.3) is 0 Å². The number of benzene rings is 1. The average molecular weight is 343 g/mol. The van der Waals surface area contributed by atoms with E-state index in [4.69, 9.17) is 4.74 Å². The summed E-state index contributed by atoms with van der Waals surface area (Å²) in [5.41, 5.74) is 1.62. The fraction of sp³-hybridized carbons (Fsp3) is 0.500. The highest BCUT2D eigenvalue weighted by Crippen LogP contribution is 2.17. The molecule has 3 rings (SSSR count). The molecule has 0 atom stereocenters. The van der Waals surface area contributed by atoms with Crippen LogP contribution in [0.5, 0.6) is 5.75 Å². The van der Waals surface area contributed by atoms with Gasteiger partial charge in [0.05, 0.1) is 19.3 Å². The third-order valence-electron chi connectivity index (χ3n) is 4.51. The van der Waals surface area contributed by atoms with E-state index < -0.39 is 0 Å². The van der Waals surface area contributed by atoms with E-state index in [1.54, 1.807) is 13.3 Å². The molecule has 1 fully saturated rings. The Bertz CT molecular complexity index is 677. The van der Waals surface area contributed by atoms with Gasteiger partial charge in [-0.3, -0.25) is 4.79 Å². The van der Waals surface area contributed by atoms with Crippen LogP contribution in [0.3, 0.4) is 0 Å². The van der Waals surface area contributed by atoms with Crippen molar-refractivity contribution in [1.29, 1.82) is 0 Å². The molecule has 134 valence electrons. The van der Waals surface area contributed by atoms with E-state index in [1.165, 1.54) is 5.56 Å². The van der Waals surface area contributed by atoms with Gasteiger partial charge in [-0.15, -0.1) is 5.10 Å². The average Bonchev–Trinajstić information content (AvgIpc) is 3.16. The van der Waals surface area contributed by atoms with E-state index in [-0.39, 0.29) is 5.91 Å². The largest absolute Gasteiger partial charge is 0.497 e. The minimum atomic E-state index is -0.157. The van der Waals surface area contributed by atoms with Gasteiger partial charge in [0, 0.05) is 6.54 Å². The van der Waals surface area contributed by atoms with Crippen molar-refractivity contribution in [2.24, 2.45) is 0 Å². The zero-order valence-electron chi connectivity index (χ0n) is 14.6. The number of hydrogen-bond donors (Lipinski definition) is 2. The van der Waals surface area contributed by atoms with Crippen molar-refractivity contribution in [3.63, 3.8) is 0 Å². The third-order valence-corrected chi connectivity index (χ3v) is 4.51. The summed E-state index contributed by atoms with van der Waals surface area (Å²) in [6.45, 7) is 2.58. The Labute approximate surface area is 147 Å². The Morgan fingerprint density at radius 2 is 2.08 bits per heavy atom. The Morgan fingerprint density at radius 3 is 2.80 bits per heavy atom. The van der Waals surface area contributed by atoms with Gasteiger partial charge >= 0.3 is 0 Å². The fourth-order valence-electron chi connectivity index (χ4n) is 3.01. The minimum Gasteiger partial charge on any atom is -0.497 e. The van der Waals surface area contributed by atoms with Crippen molar-refractivity contribution < 1.29 is 9.53 Å². The molecular formula is C18H25N5O2. The van der Waals surface area contributed by atoms with Gasteiger partial charge in [-0.25, -0.2) is 4.68 Å². The normalized spacial score (nSPS) is 15.1. The molecule has 0 unspecified atom stereocenters. The number of hydrogen-bond acceptors (Lipinski definition) is 5. The quantitative estimate of drug-likeness (QED) is 0.746. The number of carbonyl (C=O) groups excluding carboxylic acids is 1. The maximum Gasteiger partial charge on any atom is 0.273 e. The summed E-state index contributed by atoms with van der Waals surface area (Å²) >= 11 is 0. The minimum absolute atomic E-state index is 0.157. The molecule has 0 aliphatic carbocycles. The summed E-state index contributed by atoms with van der Waals surface area (Å²) in [5, 5.41) is 14.4. The van der Waals surface area contributed by atoms with Crippen LogP contribution in [0, 0.1) is 0 Å². The number of carbonyl (C=O) groups is 1. The molecule has 2 N–H and O–H groups in total. The van der Waals surface area contributed by atoms with Crippen molar-refractivity contribution in [3.05, 3.63) is 41.7 Å². The molecule has 25 heavy (non-hydrogen) atoms. The second kappa shape index (κ2) is 8.62. The molecule has 7 heteroatoms. The van der Waals surface area contributed by atoms with Gasteiger partial charge in [0.2, 0.25) is 0 Å². The van der Waals surface area contributed by atoms with E-state index in [2.05, 4.69) is 20.9 Å². The third kappa shape index (κ3) is 4.79. The highest BCUT2D eigenvalue weighted by atomic mass is 16.5. The second-order valence-electron chi connectivity index (χ2n) is 6.27. The lowest BCUT2D eigenvalue weighted by molar-refractivity contribution is 0.0948. The van der Waals surface area contributed by atoms with E-state index in [0.29, 0.717) is 18.3 Å². The van der Waals surface area contributed by atoms with Gasteiger partial charge in [-0.05, 0) is 56.5 Å². The fourth-order valence-corrected chi connectivity index (χ4v) is 3.01. The summed E-state index contributed by atoms with van der Waals surface area (Å²) < 4.78 is 6.97. The zero-order valence-corrected chi connectivity index (χ0v) is 14.6. The van der Waals surface area contributed by atoms with Crippen LogP contribution in [-0.2, 0) is 6.42 Å². The number of ether oxygens (including phenoxy) is 1. The van der Waals surface area contributed by atoms with Crippen LogP contribution >= 0.6 is 0 Å². The van der Waals surface area contributed by atoms with E-state index in [9.17, 15) is 4.79 Å². The van der Waals surface area contributed by atoms with Gasteiger partial charge in [0.1, 0.15) is 5.75 Å². The lowest BCUT2D eigenvalue weighted by Crippen LogP contribution is -2.29. The molecule has 2 heterocycles. The first-order valence-electron chi connectivity index (χ1n) is 8.80. The monoisotopic (exact) mass is 343 g/mol. The number of nitrogens with zero attached hydrogens (tertiary/aromatic N) is 3. The lowest BCUT2D eigenvalue weighted by atomic mass is 10.1. The Kier molecular flexibility index (Phi) is 6.00. The molecule has 0 spiro atoms. The topological polar surface area (TPSA) is 81.1 Å². The SMILES string of the molecule is COc1ccc(CCCNC(=O)c2cn(C3CCNCC3)nn2)cc1. The first-order valence-corrected chi connectivity index (χ1v) is 8.80. The van der Waals surface area contributed by atoms with Crippen molar-refractivity contribution in [3.8, 4) is 5.75 Å². The maximum absolute atomic E-state index is 12.2. The molecule has 1 amide bonds. The van der Waals surface area contributed by atoms with Crippen LogP contribution in [0.1, 0.15) is 41.4 Å². The number of piperidine rings is 1. The number of aromatic nitrogens is 3. The molecule has 7 nitrogen and oxygen atoms in total. The van der Waals surface area contributed by atoms with Crippen LogP contribution < -0.4 is 15.4 Å². The number of rotatable bonds is 7. The zero-order chi connectivity index (χ0) is 17.5. The molecule has 1 aliphatic heterocycles. The summed E-state index contributed by atoms with van der Waals surface area (Å²) in [4.78, 5) is 12.2. The summed E-state index contributed by atoms with van der Waals surface area (Å²) in [7, 11) is 1.66. The second-order valence-corrected chi connectivity index (χ2v) is 6.27. The number of amides is 1. The first kappa shape index (κ1) is 17.4. The van der Waals surface area contributed by atoms with Gasteiger partial charge < -0.3 is 15.4 Å². The van der Waals surface area contributed by atoms with E-state index in [1.807, 2.05) is 28.9 Å². The van der Waals surface area contributed by atoms with Gasteiger partial charge in [-0.2, -0.15) is 0 Å². The van der Waals surface area contributed by atoms with Gasteiger partial charge in [-0.1, -0.05) is 17.3 Å². The van der Waals surface area contributed by atoms with Crippen LogP contribution in [0.15, 0.2) is 30.5 Å². The number of methoxy groups -OCH3 is 1. The first-order chi connectivity index (χ1) is 12.3. The van der Waals surface area contributed by atoms with Crippen molar-refractivity contribution in [2.75, 3.05) is 26.7 Å². The Morgan fingerprint density at radius 1 is 1.32 bits per heavy atom. The van der Waals surface area contributed by atoms with E-state index >= 15 is 0 Å². The summed E-state index contributed by atoms with van der Waals surface area (Å²) in [6, 6.07) is 8.33. The number of nitrogens with one attached hydrogen (secondary N) is 2. The smallest absolute Gasteiger partial charge is 0.273 e. The Hall–Kier alpha value is -2.41. The number of aryl methyl sites for hydroxylation is 1. The van der Waals surface area contributed by atoms with Crippen LogP contribution in [0.4, 0.5) is 0 Å². The maximum atomic E-state index is 12.2. The van der Waals surface area contributed by atoms with Gasteiger partial charge in [0.25, 0.3) is 5.91 Å². The predicted octanol–water partition coefficient (Wildman–Crippen LogP) is 1.57. The van der Waals surface area contributed by atoms with E-state index in [0.717, 1.165) is 44.5 Å². The van der Waals surface area contributed by atoms with Crippen molar-refractivity contribution in [1.82, 2.24) is 25.6 Å². The molecule has 1 saturated heterocycles. The molecule has 1 aromatic carbocycles. The molecule has 1 aromatic heterocycles. The molecule has 0 bridgehead atoms. The molecule has 0 saturated carbocycles. The molecular weight excluding hydrogens is 318 g/mol. The highest BCUT2D eigenvalue weighted by Gasteiger charge is 2.18.